The summed E-state index contributed by atoms with van der Waals surface area (Å²) in [5.74, 6) is -1.12. The van der Waals surface area contributed by atoms with Crippen LogP contribution in [0.2, 0.25) is 0 Å². The number of sulfonamides is 1. The van der Waals surface area contributed by atoms with Crippen LogP contribution in [0.25, 0.3) is 0 Å². The molecule has 3 aromatic rings. The highest BCUT2D eigenvalue weighted by molar-refractivity contribution is 7.92. The number of halogens is 3. The lowest BCUT2D eigenvalue weighted by molar-refractivity contribution is -0.137. The normalized spacial score (nSPS) is 11.6. The molecule has 0 aliphatic carbocycles. The van der Waals surface area contributed by atoms with Gasteiger partial charge in [0.2, 0.25) is 0 Å². The summed E-state index contributed by atoms with van der Waals surface area (Å²) < 4.78 is 71.2. The highest BCUT2D eigenvalue weighted by Crippen LogP contribution is 2.31. The summed E-state index contributed by atoms with van der Waals surface area (Å²) in [7, 11) is -3.28. The van der Waals surface area contributed by atoms with Crippen molar-refractivity contribution in [1.82, 2.24) is 5.32 Å². The molecule has 12 heteroatoms. The lowest BCUT2D eigenvalue weighted by Gasteiger charge is -2.13. The lowest BCUT2D eigenvalue weighted by atomic mass is 10.1. The Morgan fingerprint density at radius 3 is 2.45 bits per heavy atom. The maximum atomic E-state index is 13.0. The van der Waals surface area contributed by atoms with E-state index in [1.54, 1.807) is 17.5 Å². The summed E-state index contributed by atoms with van der Waals surface area (Å²) in [6.07, 6.45) is -4.72. The van der Waals surface area contributed by atoms with E-state index in [2.05, 4.69) is 14.8 Å². The van der Waals surface area contributed by atoms with Crippen LogP contribution in [-0.2, 0) is 27.5 Å². The molecular formula is C21H17F3N2O5S2. The van der Waals surface area contributed by atoms with E-state index < -0.39 is 32.6 Å². The van der Waals surface area contributed by atoms with E-state index in [9.17, 15) is 31.2 Å². The molecular weight excluding hydrogens is 481 g/mol. The number of alkyl halides is 3. The van der Waals surface area contributed by atoms with E-state index >= 15 is 0 Å². The van der Waals surface area contributed by atoms with Crippen LogP contribution in [0.15, 0.2) is 64.9 Å². The lowest BCUT2D eigenvalue weighted by Crippen LogP contribution is -2.22. The molecule has 2 aromatic carbocycles. The molecule has 0 unspecified atom stereocenters. The fourth-order valence-electron chi connectivity index (χ4n) is 2.82. The summed E-state index contributed by atoms with van der Waals surface area (Å²) in [5.41, 5.74) is -0.854. The van der Waals surface area contributed by atoms with Crippen LogP contribution in [0.3, 0.4) is 0 Å². The van der Waals surface area contributed by atoms with Gasteiger partial charge in [-0.2, -0.15) is 13.2 Å². The molecule has 1 heterocycles. The molecule has 33 heavy (non-hydrogen) atoms. The average Bonchev–Trinajstić information content (AvgIpc) is 3.31. The topological polar surface area (TPSA) is 102 Å². The third-order valence-electron chi connectivity index (χ3n) is 4.34. The smallest absolute Gasteiger partial charge is 0.416 e. The zero-order valence-corrected chi connectivity index (χ0v) is 18.6. The molecule has 0 saturated heterocycles. The number of methoxy groups -OCH3 is 1. The van der Waals surface area contributed by atoms with Gasteiger partial charge in [-0.05, 0) is 53.4 Å². The SMILES string of the molecule is COC(=O)c1cc(CNC(=O)c2cccs2)cc(NS(=O)(=O)c2cccc(C(F)(F)F)c2)c1. The molecule has 0 aliphatic rings. The molecule has 0 saturated carbocycles. The fourth-order valence-corrected chi connectivity index (χ4v) is 4.55. The maximum Gasteiger partial charge on any atom is 0.416 e. The van der Waals surface area contributed by atoms with Crippen molar-refractivity contribution in [3.8, 4) is 0 Å². The minimum Gasteiger partial charge on any atom is -0.465 e. The second-order valence-corrected chi connectivity index (χ2v) is 9.33. The Balaban J connectivity index is 1.89. The number of hydrogen-bond donors (Lipinski definition) is 2. The first kappa shape index (κ1) is 24.3. The largest absolute Gasteiger partial charge is 0.465 e. The van der Waals surface area contributed by atoms with E-state index in [1.165, 1.54) is 29.5 Å². The molecule has 0 aliphatic heterocycles. The molecule has 2 N–H and O–H groups in total. The van der Waals surface area contributed by atoms with Crippen molar-refractivity contribution in [2.45, 2.75) is 17.6 Å². The van der Waals surface area contributed by atoms with Gasteiger partial charge in [0.1, 0.15) is 0 Å². The van der Waals surface area contributed by atoms with Crippen molar-refractivity contribution in [3.05, 3.63) is 81.5 Å². The van der Waals surface area contributed by atoms with E-state index in [1.807, 2.05) is 0 Å². The zero-order valence-electron chi connectivity index (χ0n) is 17.0. The summed E-state index contributed by atoms with van der Waals surface area (Å²) in [5, 5.41) is 4.38. The third kappa shape index (κ3) is 6.11. The molecule has 0 fully saturated rings. The number of nitrogens with one attached hydrogen (secondary N) is 2. The van der Waals surface area contributed by atoms with Crippen molar-refractivity contribution in [2.24, 2.45) is 0 Å². The van der Waals surface area contributed by atoms with Gasteiger partial charge in [0.15, 0.2) is 0 Å². The third-order valence-corrected chi connectivity index (χ3v) is 6.58. The van der Waals surface area contributed by atoms with Gasteiger partial charge in [0, 0.05) is 6.54 Å². The quantitative estimate of drug-likeness (QED) is 0.474. The number of carbonyl (C=O) groups excluding carboxylic acids is 2. The van der Waals surface area contributed by atoms with Gasteiger partial charge in [-0.15, -0.1) is 11.3 Å². The van der Waals surface area contributed by atoms with Gasteiger partial charge >= 0.3 is 12.1 Å². The first-order valence-electron chi connectivity index (χ1n) is 9.23. The van der Waals surface area contributed by atoms with Crippen molar-refractivity contribution in [1.29, 1.82) is 0 Å². The number of ether oxygens (including phenoxy) is 1. The monoisotopic (exact) mass is 498 g/mol. The van der Waals surface area contributed by atoms with Gasteiger partial charge in [0.25, 0.3) is 15.9 Å². The molecule has 174 valence electrons. The van der Waals surface area contributed by atoms with Crippen LogP contribution in [0.1, 0.15) is 31.2 Å². The van der Waals surface area contributed by atoms with Crippen LogP contribution in [-0.4, -0.2) is 27.4 Å². The molecule has 1 amide bonds. The molecule has 0 radical (unpaired) electrons. The molecule has 0 bridgehead atoms. The van der Waals surface area contributed by atoms with Gasteiger partial charge in [-0.1, -0.05) is 12.1 Å². The van der Waals surface area contributed by atoms with Crippen molar-refractivity contribution < 1.29 is 35.9 Å². The van der Waals surface area contributed by atoms with Gasteiger partial charge in [0.05, 0.1) is 33.7 Å². The number of rotatable bonds is 7. The van der Waals surface area contributed by atoms with Crippen LogP contribution in [0.5, 0.6) is 0 Å². The summed E-state index contributed by atoms with van der Waals surface area (Å²) in [6.45, 7) is -0.0418. The Labute approximate surface area is 191 Å². The Kier molecular flexibility index (Phi) is 7.08. The molecule has 0 spiro atoms. The highest BCUT2D eigenvalue weighted by atomic mass is 32.2. The Hall–Kier alpha value is -3.38. The summed E-state index contributed by atoms with van der Waals surface area (Å²) in [4.78, 5) is 24.1. The van der Waals surface area contributed by atoms with E-state index in [0.29, 0.717) is 16.5 Å². The van der Waals surface area contributed by atoms with Crippen molar-refractivity contribution in [2.75, 3.05) is 11.8 Å². The number of anilines is 1. The first-order valence-corrected chi connectivity index (χ1v) is 11.6. The summed E-state index contributed by atoms with van der Waals surface area (Å²) in [6, 6.07) is 10.5. The Morgan fingerprint density at radius 2 is 1.82 bits per heavy atom. The Morgan fingerprint density at radius 1 is 1.06 bits per heavy atom. The summed E-state index contributed by atoms with van der Waals surface area (Å²) >= 11 is 1.23. The number of esters is 1. The van der Waals surface area contributed by atoms with E-state index in [4.69, 9.17) is 0 Å². The van der Waals surface area contributed by atoms with Gasteiger partial charge in [-0.3, -0.25) is 9.52 Å². The number of carbonyl (C=O) groups is 2. The minimum absolute atomic E-state index is 0.0119. The highest BCUT2D eigenvalue weighted by Gasteiger charge is 2.31. The molecule has 1 aromatic heterocycles. The number of thiophene rings is 1. The van der Waals surface area contributed by atoms with Gasteiger partial charge < -0.3 is 10.1 Å². The minimum atomic E-state index is -4.72. The van der Waals surface area contributed by atoms with Crippen molar-refractivity contribution >= 4 is 38.9 Å². The van der Waals surface area contributed by atoms with E-state index in [0.717, 1.165) is 25.3 Å². The molecule has 3 rings (SSSR count). The maximum absolute atomic E-state index is 13.0. The van der Waals surface area contributed by atoms with E-state index in [-0.39, 0.29) is 23.7 Å². The van der Waals surface area contributed by atoms with Crippen LogP contribution >= 0.6 is 11.3 Å². The van der Waals surface area contributed by atoms with Crippen molar-refractivity contribution in [3.63, 3.8) is 0 Å². The first-order chi connectivity index (χ1) is 15.5. The van der Waals surface area contributed by atoms with Crippen LogP contribution in [0, 0.1) is 0 Å². The van der Waals surface area contributed by atoms with Crippen LogP contribution in [0.4, 0.5) is 18.9 Å². The molecule has 7 nitrogen and oxygen atoms in total. The predicted molar refractivity (Wildman–Crippen MR) is 116 cm³/mol. The average molecular weight is 499 g/mol. The second kappa shape index (κ2) is 9.63. The number of amides is 1. The number of hydrogen-bond acceptors (Lipinski definition) is 6. The fraction of sp³-hybridized carbons (Fsp3) is 0.143. The second-order valence-electron chi connectivity index (χ2n) is 6.70. The van der Waals surface area contributed by atoms with Crippen LogP contribution < -0.4 is 10.0 Å². The standard InChI is InChI=1S/C21H17F3N2O5S2/c1-31-20(28)14-8-13(12-25-19(27)18-6-3-7-32-18)9-16(10-14)26-33(29,30)17-5-2-4-15(11-17)21(22,23)24/h2-11,26H,12H2,1H3,(H,25,27). The molecule has 0 atom stereocenters. The predicted octanol–water partition coefficient (Wildman–Crippen LogP) is 4.28. The Bertz CT molecular complexity index is 1270. The number of benzene rings is 2. The van der Waals surface area contributed by atoms with Gasteiger partial charge in [-0.25, -0.2) is 13.2 Å². The zero-order chi connectivity index (χ0) is 24.2.